The summed E-state index contributed by atoms with van der Waals surface area (Å²) in [6, 6.07) is 12.0. The van der Waals surface area contributed by atoms with Crippen LogP contribution < -0.4 is 0 Å². The Morgan fingerprint density at radius 2 is 1.88 bits per heavy atom. The number of rotatable bonds is 9. The van der Waals surface area contributed by atoms with Crippen molar-refractivity contribution in [1.29, 1.82) is 0 Å². The highest BCUT2D eigenvalue weighted by Crippen LogP contribution is 2.30. The molecule has 0 aliphatic rings. The van der Waals surface area contributed by atoms with Gasteiger partial charge < -0.3 is 4.74 Å². The first kappa shape index (κ1) is 20.6. The molecule has 0 amide bonds. The third kappa shape index (κ3) is 4.93. The molecule has 0 aliphatic heterocycles. The molecular weight excluding hydrogens is 370 g/mol. The van der Waals surface area contributed by atoms with E-state index < -0.39 is 22.2 Å². The largest absolute Gasteiger partial charge is 0.456 e. The Bertz CT molecular complexity index is 788. The highest BCUT2D eigenvalue weighted by molar-refractivity contribution is 7.91. The quantitative estimate of drug-likeness (QED) is 0.596. The maximum absolute atomic E-state index is 12.8. The molecule has 2 rings (SSSR count). The monoisotopic (exact) mass is 395 g/mol. The van der Waals surface area contributed by atoms with Crippen LogP contribution in [0.1, 0.15) is 44.8 Å². The van der Waals surface area contributed by atoms with Crippen LogP contribution in [-0.4, -0.2) is 31.8 Å². The second-order valence-electron chi connectivity index (χ2n) is 6.12. The average Bonchev–Trinajstić information content (AvgIpc) is 3.19. The first-order chi connectivity index (χ1) is 12.4. The summed E-state index contributed by atoms with van der Waals surface area (Å²) in [7, 11) is -2.12. The lowest BCUT2D eigenvalue weighted by atomic mass is 10.0. The molecule has 1 heterocycles. The average molecular weight is 396 g/mol. The van der Waals surface area contributed by atoms with E-state index >= 15 is 0 Å². The van der Waals surface area contributed by atoms with E-state index in [1.54, 1.807) is 24.4 Å². The van der Waals surface area contributed by atoms with Gasteiger partial charge in [0.15, 0.2) is 0 Å². The van der Waals surface area contributed by atoms with E-state index in [0.29, 0.717) is 6.42 Å². The lowest BCUT2D eigenvalue weighted by Crippen LogP contribution is -2.40. The number of sulfonamides is 1. The van der Waals surface area contributed by atoms with Gasteiger partial charge in [0.2, 0.25) is 0 Å². The molecule has 0 aliphatic carbocycles. The predicted molar refractivity (Wildman–Crippen MR) is 104 cm³/mol. The predicted octanol–water partition coefficient (Wildman–Crippen LogP) is 4.23. The Kier molecular flexibility index (Phi) is 7.37. The highest BCUT2D eigenvalue weighted by Gasteiger charge is 2.34. The molecule has 0 radical (unpaired) electrons. The Balaban J connectivity index is 2.27. The van der Waals surface area contributed by atoms with Crippen LogP contribution in [-0.2, 0) is 19.6 Å². The molecule has 0 N–H and O–H groups in total. The van der Waals surface area contributed by atoms with Crippen molar-refractivity contribution in [2.75, 3.05) is 7.05 Å². The zero-order chi connectivity index (χ0) is 19.2. The molecule has 0 unspecified atom stereocenters. The van der Waals surface area contributed by atoms with E-state index in [1.807, 2.05) is 37.3 Å². The molecule has 0 spiro atoms. The van der Waals surface area contributed by atoms with Crippen LogP contribution in [0.4, 0.5) is 0 Å². The lowest BCUT2D eigenvalue weighted by molar-refractivity contribution is -0.152. The summed E-state index contributed by atoms with van der Waals surface area (Å²) < 4.78 is 32.9. The molecule has 0 saturated heterocycles. The fourth-order valence-corrected chi connectivity index (χ4v) is 5.11. The van der Waals surface area contributed by atoms with Crippen LogP contribution in [0.5, 0.6) is 0 Å². The van der Waals surface area contributed by atoms with Crippen molar-refractivity contribution in [2.24, 2.45) is 0 Å². The molecule has 1 aromatic carbocycles. The van der Waals surface area contributed by atoms with Gasteiger partial charge in [-0.3, -0.25) is 4.79 Å². The first-order valence-corrected chi connectivity index (χ1v) is 11.0. The van der Waals surface area contributed by atoms with Gasteiger partial charge in [-0.2, -0.15) is 4.31 Å². The van der Waals surface area contributed by atoms with E-state index in [9.17, 15) is 13.2 Å². The van der Waals surface area contributed by atoms with E-state index in [1.165, 1.54) is 22.7 Å². The molecule has 1 aromatic heterocycles. The maximum atomic E-state index is 12.8. The zero-order valence-corrected chi connectivity index (χ0v) is 16.9. The van der Waals surface area contributed by atoms with Crippen LogP contribution in [0.2, 0.25) is 0 Å². The van der Waals surface area contributed by atoms with Crippen molar-refractivity contribution >= 4 is 27.3 Å². The third-order valence-electron chi connectivity index (χ3n) is 4.26. The topological polar surface area (TPSA) is 63.7 Å². The lowest BCUT2D eigenvalue weighted by Gasteiger charge is -2.31. The van der Waals surface area contributed by atoms with Crippen molar-refractivity contribution in [3.8, 4) is 0 Å². The minimum absolute atomic E-state index is 0.274. The van der Waals surface area contributed by atoms with Crippen molar-refractivity contribution in [2.45, 2.75) is 49.5 Å². The number of thiophene rings is 1. The van der Waals surface area contributed by atoms with Gasteiger partial charge in [0.05, 0.1) is 6.04 Å². The number of esters is 1. The zero-order valence-electron chi connectivity index (χ0n) is 15.3. The minimum Gasteiger partial charge on any atom is -0.456 e. The van der Waals surface area contributed by atoms with Crippen molar-refractivity contribution in [3.63, 3.8) is 0 Å². The van der Waals surface area contributed by atoms with Gasteiger partial charge in [-0.25, -0.2) is 8.42 Å². The van der Waals surface area contributed by atoms with Crippen molar-refractivity contribution in [1.82, 2.24) is 4.31 Å². The fraction of sp³-hybridized carbons (Fsp3) is 0.421. The number of carbonyl (C=O) groups is 1. The van der Waals surface area contributed by atoms with Gasteiger partial charge in [-0.1, -0.05) is 49.7 Å². The summed E-state index contributed by atoms with van der Waals surface area (Å²) in [5.41, 5.74) is 0.776. The Hall–Kier alpha value is -1.70. The minimum atomic E-state index is -3.64. The normalized spacial score (nSPS) is 14.2. The smallest absolute Gasteiger partial charge is 0.306 e. The van der Waals surface area contributed by atoms with Gasteiger partial charge in [0.1, 0.15) is 10.3 Å². The Morgan fingerprint density at radius 3 is 2.46 bits per heavy atom. The van der Waals surface area contributed by atoms with Gasteiger partial charge in [-0.05, 0) is 30.4 Å². The fourth-order valence-electron chi connectivity index (χ4n) is 2.57. The number of nitrogens with zero attached hydrogens (tertiary/aromatic N) is 1. The van der Waals surface area contributed by atoms with E-state index in [-0.39, 0.29) is 10.2 Å². The first-order valence-electron chi connectivity index (χ1n) is 8.64. The summed E-state index contributed by atoms with van der Waals surface area (Å²) in [5, 5.41) is 1.73. The maximum Gasteiger partial charge on any atom is 0.306 e. The molecule has 26 heavy (non-hydrogen) atoms. The standard InChI is InChI=1S/C19H25NO4S2/c1-4-5-12-17(21)24-19(16-10-7-6-8-11-16)15(2)20(3)26(22,23)18-13-9-14-25-18/h6-11,13-15,19H,4-5,12H2,1-3H3/t15-,19+/m1/s1. The molecular formula is C19H25NO4S2. The van der Waals surface area contributed by atoms with Gasteiger partial charge in [0, 0.05) is 13.5 Å². The number of hydrogen-bond acceptors (Lipinski definition) is 5. The molecule has 0 bridgehead atoms. The Morgan fingerprint density at radius 1 is 1.19 bits per heavy atom. The summed E-state index contributed by atoms with van der Waals surface area (Å²) in [4.78, 5) is 12.2. The summed E-state index contributed by atoms with van der Waals surface area (Å²) in [6.45, 7) is 3.77. The summed E-state index contributed by atoms with van der Waals surface area (Å²) in [6.07, 6.45) is 1.31. The number of ether oxygens (including phenoxy) is 1. The molecule has 7 heteroatoms. The van der Waals surface area contributed by atoms with E-state index in [4.69, 9.17) is 4.74 Å². The summed E-state index contributed by atoms with van der Waals surface area (Å²) in [5.74, 6) is -0.311. The van der Waals surface area contributed by atoms with E-state index in [0.717, 1.165) is 18.4 Å². The highest BCUT2D eigenvalue weighted by atomic mass is 32.2. The Labute approximate surface area is 159 Å². The molecule has 0 fully saturated rings. The van der Waals surface area contributed by atoms with Crippen molar-refractivity contribution < 1.29 is 17.9 Å². The summed E-state index contributed by atoms with van der Waals surface area (Å²) >= 11 is 1.17. The van der Waals surface area contributed by atoms with Crippen LogP contribution in [0.15, 0.2) is 52.1 Å². The molecule has 142 valence electrons. The van der Waals surface area contributed by atoms with Gasteiger partial charge >= 0.3 is 5.97 Å². The number of unbranched alkanes of at least 4 members (excludes halogenated alkanes) is 1. The van der Waals surface area contributed by atoms with Gasteiger partial charge in [-0.15, -0.1) is 11.3 Å². The molecule has 2 aromatic rings. The second-order valence-corrected chi connectivity index (χ2v) is 9.29. The SMILES string of the molecule is CCCCC(=O)O[C@H](c1ccccc1)[C@@H](C)N(C)S(=O)(=O)c1cccs1. The molecule has 0 saturated carbocycles. The number of benzene rings is 1. The number of hydrogen-bond donors (Lipinski definition) is 0. The number of carbonyl (C=O) groups excluding carboxylic acids is 1. The third-order valence-corrected chi connectivity index (χ3v) is 7.58. The van der Waals surface area contributed by atoms with E-state index in [2.05, 4.69) is 0 Å². The van der Waals surface area contributed by atoms with Crippen LogP contribution in [0, 0.1) is 0 Å². The van der Waals surface area contributed by atoms with Crippen LogP contribution >= 0.6 is 11.3 Å². The van der Waals surface area contributed by atoms with Gasteiger partial charge in [0.25, 0.3) is 10.0 Å². The second kappa shape index (κ2) is 9.30. The molecule has 5 nitrogen and oxygen atoms in total. The van der Waals surface area contributed by atoms with Crippen molar-refractivity contribution in [3.05, 3.63) is 53.4 Å². The van der Waals surface area contributed by atoms with Crippen LogP contribution in [0.25, 0.3) is 0 Å². The molecule has 2 atom stereocenters. The van der Waals surface area contributed by atoms with Crippen LogP contribution in [0.3, 0.4) is 0 Å². The number of likely N-dealkylation sites (N-methyl/N-ethyl adjacent to an activating group) is 1.